The van der Waals surface area contributed by atoms with Crippen LogP contribution in [0.5, 0.6) is 0 Å². The minimum absolute atomic E-state index is 0.0136. The molecule has 4 atom stereocenters. The largest absolute Gasteiger partial charge is 0.425 e. The summed E-state index contributed by atoms with van der Waals surface area (Å²) in [6, 6.07) is 0. The molecule has 3 heterocycles. The summed E-state index contributed by atoms with van der Waals surface area (Å²) in [7, 11) is 0. The van der Waals surface area contributed by atoms with E-state index in [0.717, 1.165) is 17.2 Å². The van der Waals surface area contributed by atoms with Crippen LogP contribution in [0, 0.1) is 5.41 Å². The van der Waals surface area contributed by atoms with Gasteiger partial charge < -0.3 is 30.4 Å². The number of ether oxygens (including phenoxy) is 1. The van der Waals surface area contributed by atoms with Crippen LogP contribution >= 0.6 is 0 Å². The molecule has 0 aliphatic carbocycles. The molecular weight excluding hydrogens is 326 g/mol. The summed E-state index contributed by atoms with van der Waals surface area (Å²) >= 11 is 0. The molecule has 0 aromatic carbocycles. The van der Waals surface area contributed by atoms with Crippen molar-refractivity contribution in [3.63, 3.8) is 0 Å². The maximum Gasteiger partial charge on any atom is 0.195 e. The predicted molar refractivity (Wildman–Crippen MR) is 72.6 cm³/mol. The summed E-state index contributed by atoms with van der Waals surface area (Å²) in [5, 5.41) is 56.3. The zero-order valence-electron chi connectivity index (χ0n) is 12.1. The van der Waals surface area contributed by atoms with Crippen LogP contribution in [0.1, 0.15) is 6.23 Å². The third-order valence-corrected chi connectivity index (χ3v) is 4.06. The van der Waals surface area contributed by atoms with E-state index in [4.69, 9.17) is 15.3 Å². The number of nitrogens with zero attached hydrogens (tertiary/aromatic N) is 4. The zero-order chi connectivity index (χ0) is 17.6. The van der Waals surface area contributed by atoms with Crippen LogP contribution in [0.2, 0.25) is 0 Å². The second-order valence-electron chi connectivity index (χ2n) is 5.31. The molecule has 1 saturated heterocycles. The molecule has 0 bridgehead atoms. The topological polar surface area (TPSA) is 187 Å². The number of imidazole rings is 1. The van der Waals surface area contributed by atoms with Crippen LogP contribution in [-0.2, 0) is 9.53 Å². The number of hydrogen-bond acceptors (Lipinski definition) is 10. The highest BCUT2D eigenvalue weighted by molar-refractivity contribution is 5.90. The van der Waals surface area contributed by atoms with Crippen LogP contribution < -0.4 is 5.49 Å². The first-order valence-corrected chi connectivity index (χ1v) is 6.85. The molecule has 0 radical (unpaired) electrons. The normalized spacial score (nSPS) is 30.1. The van der Waals surface area contributed by atoms with E-state index in [1.807, 2.05) is 0 Å². The molecule has 12 heteroatoms. The van der Waals surface area contributed by atoms with Crippen LogP contribution in [0.25, 0.3) is 11.2 Å². The minimum atomic E-state index is -2.51. The quantitative estimate of drug-likeness (QED) is 0.307. The number of nitrogens with one attached hydrogen (secondary N) is 1. The average Bonchev–Trinajstić information content (AvgIpc) is 3.11. The Bertz CT molecular complexity index is 848. The number of Topliss-reactive ketones (excluding diaryl/α,β-unsaturated/α-hetero) is 1. The van der Waals surface area contributed by atoms with Crippen LogP contribution in [0.3, 0.4) is 0 Å². The summed E-state index contributed by atoms with van der Waals surface area (Å²) in [5.74, 6) is -1.11. The Morgan fingerprint density at radius 1 is 1.38 bits per heavy atom. The van der Waals surface area contributed by atoms with Crippen molar-refractivity contribution >= 4 is 16.9 Å². The van der Waals surface area contributed by atoms with Crippen molar-refractivity contribution in [3.8, 4) is 0 Å². The Kier molecular flexibility index (Phi) is 3.85. The number of carbonyl (C=O) groups is 1. The molecule has 1 aliphatic heterocycles. The number of aliphatic hydroxyl groups excluding tert-OH is 3. The van der Waals surface area contributed by atoms with Gasteiger partial charge in [-0.3, -0.25) is 14.8 Å². The minimum Gasteiger partial charge on any atom is -0.425 e. The lowest BCUT2D eigenvalue weighted by atomic mass is 9.88. The lowest BCUT2D eigenvalue weighted by molar-refractivity contribution is -0.157. The maximum atomic E-state index is 11.8. The molecule has 0 amide bonds. The summed E-state index contributed by atoms with van der Waals surface area (Å²) in [6.45, 7) is -1.83. The van der Waals surface area contributed by atoms with Gasteiger partial charge in [0.2, 0.25) is 0 Å². The highest BCUT2D eigenvalue weighted by Crippen LogP contribution is 2.38. The van der Waals surface area contributed by atoms with Gasteiger partial charge in [-0.25, -0.2) is 9.97 Å². The smallest absolute Gasteiger partial charge is 0.195 e. The molecule has 3 rings (SSSR count). The molecule has 0 saturated carbocycles. The molecule has 2 aromatic heterocycles. The highest BCUT2D eigenvalue weighted by Gasteiger charge is 2.60. The van der Waals surface area contributed by atoms with E-state index >= 15 is 0 Å². The van der Waals surface area contributed by atoms with Gasteiger partial charge in [0.15, 0.2) is 34.3 Å². The van der Waals surface area contributed by atoms with E-state index in [-0.39, 0.29) is 16.7 Å². The average molecular weight is 341 g/mol. The van der Waals surface area contributed by atoms with Crippen molar-refractivity contribution in [2.45, 2.75) is 24.0 Å². The Morgan fingerprint density at radius 3 is 2.71 bits per heavy atom. The van der Waals surface area contributed by atoms with E-state index in [9.17, 15) is 25.3 Å². The molecule has 130 valence electrons. The van der Waals surface area contributed by atoms with E-state index in [0.29, 0.717) is 4.73 Å². The van der Waals surface area contributed by atoms with E-state index in [1.54, 1.807) is 0 Å². The van der Waals surface area contributed by atoms with Crippen molar-refractivity contribution in [3.05, 3.63) is 18.1 Å². The first-order chi connectivity index (χ1) is 11.4. The molecule has 12 nitrogen and oxygen atoms in total. The summed E-state index contributed by atoms with van der Waals surface area (Å²) < 4.78 is 6.95. The maximum absolute atomic E-state index is 11.8. The second-order valence-corrected chi connectivity index (χ2v) is 5.31. The van der Waals surface area contributed by atoms with Crippen LogP contribution in [-0.4, -0.2) is 81.7 Å². The molecule has 0 unspecified atom stereocenters. The number of hydrogen-bond donors (Lipinski definition) is 6. The monoisotopic (exact) mass is 341 g/mol. The van der Waals surface area contributed by atoms with Crippen LogP contribution in [0.15, 0.2) is 12.7 Å². The lowest BCUT2D eigenvalue weighted by Gasteiger charge is -2.27. The fraction of sp³-hybridized carbons (Fsp3) is 0.500. The Morgan fingerprint density at radius 2 is 2.08 bits per heavy atom. The third-order valence-electron chi connectivity index (χ3n) is 4.06. The van der Waals surface area contributed by atoms with Gasteiger partial charge in [0.25, 0.3) is 0 Å². The first kappa shape index (κ1) is 16.5. The number of aliphatic hydroxyl groups is 4. The molecule has 0 spiro atoms. The number of aromatic nitrogens is 4. The van der Waals surface area contributed by atoms with Crippen molar-refractivity contribution in [2.75, 3.05) is 13.2 Å². The van der Waals surface area contributed by atoms with Gasteiger partial charge >= 0.3 is 0 Å². The molecular formula is C12H15N5O7. The van der Waals surface area contributed by atoms with E-state index in [2.05, 4.69) is 9.97 Å². The Labute approximate surface area is 133 Å². The van der Waals surface area contributed by atoms with Crippen molar-refractivity contribution in [2.24, 2.45) is 0 Å². The Hall–Kier alpha value is -2.38. The standard InChI is InChI=1S/C12H15N5O7/c13-9-7-10(15-4-17(9)23)16(3-14-7)11-8(21)12(22,5(20)1-18)6(2-19)24-11/h3-4,6,8,11,13,18-19,21-23H,1-2H2/t6-,8+,11-,12-/m1/s1. The van der Waals surface area contributed by atoms with Gasteiger partial charge in [-0.2, -0.15) is 4.73 Å². The third kappa shape index (κ3) is 2.05. The van der Waals surface area contributed by atoms with Gasteiger partial charge in [-0.15, -0.1) is 0 Å². The summed E-state index contributed by atoms with van der Waals surface area (Å²) in [5.41, 5.74) is -2.85. The van der Waals surface area contributed by atoms with Crippen LogP contribution in [0.4, 0.5) is 0 Å². The fourth-order valence-electron chi connectivity index (χ4n) is 2.74. The SMILES string of the molecule is N=c1c2ncn([C@@H]3O[C@H](CO)[C@](O)(C(=O)CO)[C@H]3O)c2ncn1O. The zero-order valence-corrected chi connectivity index (χ0v) is 12.1. The van der Waals surface area contributed by atoms with Gasteiger partial charge in [-0.1, -0.05) is 0 Å². The number of carbonyl (C=O) groups excluding carboxylic acids is 1. The van der Waals surface area contributed by atoms with Gasteiger partial charge in [-0.05, 0) is 0 Å². The van der Waals surface area contributed by atoms with Crippen molar-refractivity contribution in [1.29, 1.82) is 5.41 Å². The Balaban J connectivity index is 2.10. The highest BCUT2D eigenvalue weighted by atomic mass is 16.6. The molecule has 1 aliphatic rings. The predicted octanol–water partition coefficient (Wildman–Crippen LogP) is -3.51. The van der Waals surface area contributed by atoms with E-state index < -0.39 is 43.0 Å². The van der Waals surface area contributed by atoms with Crippen molar-refractivity contribution < 1.29 is 35.2 Å². The molecule has 2 aromatic rings. The summed E-state index contributed by atoms with van der Waals surface area (Å²) in [4.78, 5) is 19.6. The number of rotatable bonds is 4. The van der Waals surface area contributed by atoms with Crippen molar-refractivity contribution in [1.82, 2.24) is 19.3 Å². The van der Waals surface area contributed by atoms with E-state index in [1.165, 1.54) is 0 Å². The number of ketones is 1. The lowest BCUT2D eigenvalue weighted by Crippen LogP contribution is -2.56. The molecule has 24 heavy (non-hydrogen) atoms. The second kappa shape index (κ2) is 5.61. The van der Waals surface area contributed by atoms with Gasteiger partial charge in [0.1, 0.15) is 25.1 Å². The summed E-state index contributed by atoms with van der Waals surface area (Å²) in [6.07, 6.45) is -2.58. The van der Waals surface area contributed by atoms with Gasteiger partial charge in [0.05, 0.1) is 12.9 Å². The fourth-order valence-corrected chi connectivity index (χ4v) is 2.74. The molecule has 6 N–H and O–H groups in total. The molecule has 1 fully saturated rings. The first-order valence-electron chi connectivity index (χ1n) is 6.85. The number of fused-ring (bicyclic) bond motifs is 1. The van der Waals surface area contributed by atoms with Gasteiger partial charge in [0, 0.05) is 0 Å².